The summed E-state index contributed by atoms with van der Waals surface area (Å²) >= 11 is 0. The summed E-state index contributed by atoms with van der Waals surface area (Å²) < 4.78 is 72.2. The van der Waals surface area contributed by atoms with Gasteiger partial charge in [-0.15, -0.1) is 13.2 Å². The first-order valence-corrected chi connectivity index (χ1v) is 12.1. The second kappa shape index (κ2) is 8.35. The van der Waals surface area contributed by atoms with E-state index in [4.69, 9.17) is 0 Å². The van der Waals surface area contributed by atoms with Gasteiger partial charge in [-0.25, -0.2) is 17.7 Å². The predicted octanol–water partition coefficient (Wildman–Crippen LogP) is 5.51. The summed E-state index contributed by atoms with van der Waals surface area (Å²) in [6.45, 7) is -0.104. The lowest BCUT2D eigenvalue weighted by Crippen LogP contribution is -2.31. The Bertz CT molecular complexity index is 1410. The zero-order valence-corrected chi connectivity index (χ0v) is 18.6. The first-order chi connectivity index (χ1) is 16.2. The first kappa shape index (κ1) is 22.3. The summed E-state index contributed by atoms with van der Waals surface area (Å²) in [6.07, 6.45) is -1.09. The Morgan fingerprint density at radius 1 is 0.971 bits per heavy atom. The molecule has 0 radical (unpaired) electrons. The lowest BCUT2D eigenvalue weighted by atomic mass is 10.2. The highest BCUT2D eigenvalue weighted by Gasteiger charge is 2.36. The molecule has 2 heterocycles. The predicted molar refractivity (Wildman–Crippen MR) is 120 cm³/mol. The molecule has 34 heavy (non-hydrogen) atoms. The molecule has 176 valence electrons. The van der Waals surface area contributed by atoms with Crippen LogP contribution in [0, 0.1) is 0 Å². The fourth-order valence-corrected chi connectivity index (χ4v) is 5.31. The van der Waals surface area contributed by atoms with Crippen LogP contribution in [0.25, 0.3) is 5.65 Å². The highest BCUT2D eigenvalue weighted by Crippen LogP contribution is 2.45. The quantitative estimate of drug-likeness (QED) is 0.345. The minimum absolute atomic E-state index is 0.103. The van der Waals surface area contributed by atoms with Gasteiger partial charge in [-0.2, -0.15) is 0 Å². The lowest BCUT2D eigenvalue weighted by molar-refractivity contribution is -0.274. The summed E-state index contributed by atoms with van der Waals surface area (Å²) in [6, 6.07) is 18.7. The molecule has 0 saturated heterocycles. The van der Waals surface area contributed by atoms with Gasteiger partial charge in [0.1, 0.15) is 11.4 Å². The molecule has 1 aliphatic rings. The minimum Gasteiger partial charge on any atom is -0.406 e. The van der Waals surface area contributed by atoms with E-state index in [0.717, 1.165) is 18.5 Å². The third-order valence-corrected chi connectivity index (χ3v) is 7.31. The highest BCUT2D eigenvalue weighted by molar-refractivity contribution is 7.92. The van der Waals surface area contributed by atoms with Gasteiger partial charge in [0.25, 0.3) is 10.0 Å². The average Bonchev–Trinajstić information content (AvgIpc) is 3.57. The lowest BCUT2D eigenvalue weighted by Gasteiger charge is -2.24. The van der Waals surface area contributed by atoms with Crippen LogP contribution >= 0.6 is 0 Å². The number of hydrogen-bond donors (Lipinski definition) is 0. The van der Waals surface area contributed by atoms with Crippen molar-refractivity contribution < 1.29 is 26.3 Å². The van der Waals surface area contributed by atoms with Crippen LogP contribution in [0.1, 0.15) is 30.0 Å². The van der Waals surface area contributed by atoms with E-state index in [2.05, 4.69) is 9.72 Å². The van der Waals surface area contributed by atoms with Crippen LogP contribution in [-0.2, 0) is 16.6 Å². The first-order valence-electron chi connectivity index (χ1n) is 10.6. The fraction of sp³-hybridized carbons (Fsp3) is 0.208. The molecule has 0 atom stereocenters. The third kappa shape index (κ3) is 4.45. The number of imidazole rings is 1. The van der Waals surface area contributed by atoms with Crippen LogP contribution in [0.3, 0.4) is 0 Å². The topological polar surface area (TPSA) is 63.9 Å². The van der Waals surface area contributed by atoms with E-state index in [-0.39, 0.29) is 23.1 Å². The molecule has 2 aromatic heterocycles. The number of rotatable bonds is 7. The van der Waals surface area contributed by atoms with E-state index in [1.165, 1.54) is 40.7 Å². The molecule has 4 aromatic rings. The molecule has 2 aromatic carbocycles. The Labute approximate surface area is 194 Å². The maximum absolute atomic E-state index is 13.8. The van der Waals surface area contributed by atoms with E-state index in [0.29, 0.717) is 17.0 Å². The summed E-state index contributed by atoms with van der Waals surface area (Å²) in [7, 11) is -4.02. The van der Waals surface area contributed by atoms with Crippen molar-refractivity contribution in [3.63, 3.8) is 0 Å². The van der Waals surface area contributed by atoms with Crippen molar-refractivity contribution in [1.82, 2.24) is 9.38 Å². The molecule has 5 rings (SSSR count). The van der Waals surface area contributed by atoms with Gasteiger partial charge in [0.2, 0.25) is 0 Å². The van der Waals surface area contributed by atoms with Crippen LogP contribution in [0.4, 0.5) is 19.0 Å². The van der Waals surface area contributed by atoms with Crippen molar-refractivity contribution in [3.05, 3.63) is 90.3 Å². The van der Waals surface area contributed by atoms with Gasteiger partial charge in [0.15, 0.2) is 5.82 Å². The summed E-state index contributed by atoms with van der Waals surface area (Å²) in [5, 5.41) is 0. The van der Waals surface area contributed by atoms with Crippen molar-refractivity contribution >= 4 is 21.5 Å². The van der Waals surface area contributed by atoms with Gasteiger partial charge in [0.05, 0.1) is 17.1 Å². The van der Waals surface area contributed by atoms with Crippen LogP contribution in [0.15, 0.2) is 83.9 Å². The Balaban J connectivity index is 1.60. The largest absolute Gasteiger partial charge is 0.573 e. The number of nitrogens with zero attached hydrogens (tertiary/aromatic N) is 3. The normalized spacial score (nSPS) is 14.3. The SMILES string of the molecule is O=S(=O)(c1ccccc1)N(Cc1ccc(OC(F)(F)F)cc1)c1nc2ccccn2c1C1CC1. The number of aromatic nitrogens is 2. The molecule has 0 aliphatic heterocycles. The number of benzene rings is 2. The molecular weight excluding hydrogens is 467 g/mol. The van der Waals surface area contributed by atoms with Crippen LogP contribution < -0.4 is 9.04 Å². The summed E-state index contributed by atoms with van der Waals surface area (Å²) in [5.41, 5.74) is 1.93. The Kier molecular flexibility index (Phi) is 5.47. The van der Waals surface area contributed by atoms with Gasteiger partial charge >= 0.3 is 6.36 Å². The molecule has 1 saturated carbocycles. The molecular formula is C24H20F3N3O3S. The van der Waals surface area contributed by atoms with Crippen LogP contribution in [0.2, 0.25) is 0 Å². The summed E-state index contributed by atoms with van der Waals surface area (Å²) in [5.74, 6) is 0.136. The molecule has 1 fully saturated rings. The van der Waals surface area contributed by atoms with Gasteiger partial charge in [-0.3, -0.25) is 0 Å². The molecule has 10 heteroatoms. The van der Waals surface area contributed by atoms with E-state index < -0.39 is 16.4 Å². The number of alkyl halides is 3. The van der Waals surface area contributed by atoms with E-state index in [1.54, 1.807) is 18.2 Å². The Hall–Kier alpha value is -3.53. The van der Waals surface area contributed by atoms with Gasteiger partial charge in [-0.1, -0.05) is 36.4 Å². The Morgan fingerprint density at radius 2 is 1.65 bits per heavy atom. The van der Waals surface area contributed by atoms with Crippen LogP contribution in [0.5, 0.6) is 5.75 Å². The molecule has 0 unspecified atom stereocenters. The number of halogens is 3. The smallest absolute Gasteiger partial charge is 0.406 e. The monoisotopic (exact) mass is 487 g/mol. The average molecular weight is 488 g/mol. The molecule has 0 amide bonds. The Morgan fingerprint density at radius 3 is 2.29 bits per heavy atom. The number of anilines is 1. The van der Waals surface area contributed by atoms with Gasteiger partial charge in [0, 0.05) is 12.1 Å². The number of sulfonamides is 1. The van der Waals surface area contributed by atoms with E-state index in [1.807, 2.05) is 28.8 Å². The van der Waals surface area contributed by atoms with Crippen molar-refractivity contribution in [2.24, 2.45) is 0 Å². The maximum atomic E-state index is 13.8. The molecule has 6 nitrogen and oxygen atoms in total. The van der Waals surface area contributed by atoms with Crippen molar-refractivity contribution in [3.8, 4) is 5.75 Å². The van der Waals surface area contributed by atoms with E-state index >= 15 is 0 Å². The van der Waals surface area contributed by atoms with Crippen molar-refractivity contribution in [2.45, 2.75) is 36.6 Å². The number of ether oxygens (including phenoxy) is 1. The molecule has 0 spiro atoms. The van der Waals surface area contributed by atoms with Crippen molar-refractivity contribution in [2.75, 3.05) is 4.31 Å². The zero-order chi connectivity index (χ0) is 23.9. The molecule has 1 aliphatic carbocycles. The standard InChI is InChI=1S/C24H20F3N3O3S/c25-24(26,27)33-19-13-9-17(10-14-19)16-30(34(31,32)20-6-2-1-3-7-20)23-22(18-11-12-18)29-15-5-4-8-21(29)28-23/h1-10,13-15,18H,11-12,16H2. The van der Waals surface area contributed by atoms with Gasteiger partial charge in [-0.05, 0) is 54.8 Å². The maximum Gasteiger partial charge on any atom is 0.573 e. The fourth-order valence-electron chi connectivity index (χ4n) is 3.88. The number of pyridine rings is 1. The molecule has 0 N–H and O–H groups in total. The summed E-state index contributed by atoms with van der Waals surface area (Å²) in [4.78, 5) is 4.77. The highest BCUT2D eigenvalue weighted by atomic mass is 32.2. The second-order valence-electron chi connectivity index (χ2n) is 8.04. The second-order valence-corrected chi connectivity index (χ2v) is 9.90. The van der Waals surface area contributed by atoms with Crippen molar-refractivity contribution in [1.29, 1.82) is 0 Å². The molecule has 0 bridgehead atoms. The minimum atomic E-state index is -4.81. The number of hydrogen-bond acceptors (Lipinski definition) is 4. The zero-order valence-electron chi connectivity index (χ0n) is 17.8. The van der Waals surface area contributed by atoms with Crippen LogP contribution in [-0.4, -0.2) is 24.2 Å². The number of fused-ring (bicyclic) bond motifs is 1. The van der Waals surface area contributed by atoms with Gasteiger partial charge < -0.3 is 9.14 Å². The van der Waals surface area contributed by atoms with E-state index in [9.17, 15) is 21.6 Å². The third-order valence-electron chi connectivity index (χ3n) is 5.56.